The molecule has 0 bridgehead atoms. The van der Waals surface area contributed by atoms with Gasteiger partial charge in [0.05, 0.1) is 10.9 Å². The zero-order valence-corrected chi connectivity index (χ0v) is 12.8. The van der Waals surface area contributed by atoms with Crippen molar-refractivity contribution in [2.45, 2.75) is 23.8 Å². The standard InChI is InChI=1S/C15H15ClN2O2S/c16-12-4-8-15-11(9-12)3-7-14(18-15)10-1-5-13(6-2-10)21(17,19)20/h1-2,4-6,8-9,14,18H,3,7H2,(H2,17,19,20). The first-order valence-electron chi connectivity index (χ1n) is 6.61. The molecule has 2 aromatic carbocycles. The van der Waals surface area contributed by atoms with Crippen molar-refractivity contribution in [3.63, 3.8) is 0 Å². The van der Waals surface area contributed by atoms with Crippen molar-refractivity contribution in [1.82, 2.24) is 0 Å². The van der Waals surface area contributed by atoms with Crippen LogP contribution in [0.4, 0.5) is 5.69 Å². The van der Waals surface area contributed by atoms with E-state index in [2.05, 4.69) is 5.32 Å². The molecule has 0 aliphatic carbocycles. The zero-order chi connectivity index (χ0) is 15.0. The van der Waals surface area contributed by atoms with Crippen LogP contribution in [0.1, 0.15) is 23.6 Å². The molecule has 21 heavy (non-hydrogen) atoms. The second-order valence-electron chi connectivity index (χ2n) is 5.15. The number of nitrogens with two attached hydrogens (primary N) is 1. The van der Waals surface area contributed by atoms with Crippen LogP contribution in [0, 0.1) is 0 Å². The fourth-order valence-corrected chi connectivity index (χ4v) is 3.32. The topological polar surface area (TPSA) is 72.2 Å². The number of hydrogen-bond donors (Lipinski definition) is 2. The predicted octanol–water partition coefficient (Wildman–Crippen LogP) is 3.09. The molecule has 1 atom stereocenters. The predicted molar refractivity (Wildman–Crippen MR) is 84.0 cm³/mol. The molecule has 0 aromatic heterocycles. The second-order valence-corrected chi connectivity index (χ2v) is 7.15. The number of aryl methyl sites for hydroxylation is 1. The van der Waals surface area contributed by atoms with E-state index in [9.17, 15) is 8.42 Å². The zero-order valence-electron chi connectivity index (χ0n) is 11.2. The summed E-state index contributed by atoms with van der Waals surface area (Å²) >= 11 is 5.99. The van der Waals surface area contributed by atoms with Gasteiger partial charge in [-0.15, -0.1) is 0 Å². The summed E-state index contributed by atoms with van der Waals surface area (Å²) in [5.74, 6) is 0. The van der Waals surface area contributed by atoms with Crippen LogP contribution < -0.4 is 10.5 Å². The minimum absolute atomic E-state index is 0.134. The summed E-state index contributed by atoms with van der Waals surface area (Å²) < 4.78 is 22.5. The number of benzene rings is 2. The average Bonchev–Trinajstić information content (AvgIpc) is 2.46. The SMILES string of the molecule is NS(=O)(=O)c1ccc(C2CCc3cc(Cl)ccc3N2)cc1. The van der Waals surface area contributed by atoms with E-state index < -0.39 is 10.0 Å². The first kappa shape index (κ1) is 14.4. The first-order valence-corrected chi connectivity index (χ1v) is 8.53. The first-order chi connectivity index (χ1) is 9.93. The number of primary sulfonamides is 1. The van der Waals surface area contributed by atoms with E-state index in [0.717, 1.165) is 29.1 Å². The summed E-state index contributed by atoms with van der Waals surface area (Å²) in [6.45, 7) is 0. The molecule has 0 saturated carbocycles. The Labute approximate surface area is 129 Å². The molecule has 1 unspecified atom stereocenters. The van der Waals surface area contributed by atoms with Gasteiger partial charge in [0.25, 0.3) is 0 Å². The van der Waals surface area contributed by atoms with Crippen LogP contribution in [0.3, 0.4) is 0 Å². The lowest BCUT2D eigenvalue weighted by Crippen LogP contribution is -2.18. The number of sulfonamides is 1. The smallest absolute Gasteiger partial charge is 0.238 e. The van der Waals surface area contributed by atoms with Crippen molar-refractivity contribution in [1.29, 1.82) is 0 Å². The summed E-state index contributed by atoms with van der Waals surface area (Å²) in [7, 11) is -3.64. The number of rotatable bonds is 2. The Hall–Kier alpha value is -1.56. The van der Waals surface area contributed by atoms with Crippen LogP contribution >= 0.6 is 11.6 Å². The van der Waals surface area contributed by atoms with Crippen LogP contribution in [0.2, 0.25) is 5.02 Å². The van der Waals surface area contributed by atoms with E-state index in [4.69, 9.17) is 16.7 Å². The highest BCUT2D eigenvalue weighted by Crippen LogP contribution is 2.34. The van der Waals surface area contributed by atoms with Gasteiger partial charge in [-0.3, -0.25) is 0 Å². The van der Waals surface area contributed by atoms with Gasteiger partial charge < -0.3 is 5.32 Å². The van der Waals surface area contributed by atoms with Crippen molar-refractivity contribution in [3.8, 4) is 0 Å². The maximum Gasteiger partial charge on any atom is 0.238 e. The summed E-state index contributed by atoms with van der Waals surface area (Å²) in [6, 6.07) is 12.7. The molecule has 2 aromatic rings. The molecule has 0 amide bonds. The maximum absolute atomic E-state index is 11.3. The number of anilines is 1. The van der Waals surface area contributed by atoms with Gasteiger partial charge in [0.2, 0.25) is 10.0 Å². The quantitative estimate of drug-likeness (QED) is 0.892. The van der Waals surface area contributed by atoms with Crippen molar-refractivity contribution in [3.05, 3.63) is 58.6 Å². The van der Waals surface area contributed by atoms with Gasteiger partial charge in [-0.25, -0.2) is 13.6 Å². The molecule has 1 aliphatic rings. The van der Waals surface area contributed by atoms with Gasteiger partial charge in [-0.05, 0) is 54.3 Å². The molecular formula is C15H15ClN2O2S. The van der Waals surface area contributed by atoms with Crippen molar-refractivity contribution >= 4 is 27.3 Å². The van der Waals surface area contributed by atoms with E-state index in [1.165, 1.54) is 5.56 Å². The normalized spacial score (nSPS) is 17.9. The number of hydrogen-bond acceptors (Lipinski definition) is 3. The lowest BCUT2D eigenvalue weighted by Gasteiger charge is -2.27. The van der Waals surface area contributed by atoms with Gasteiger partial charge in [-0.2, -0.15) is 0 Å². The molecule has 0 spiro atoms. The molecule has 110 valence electrons. The molecule has 0 saturated heterocycles. The number of halogens is 1. The molecule has 3 N–H and O–H groups in total. The van der Waals surface area contributed by atoms with Crippen LogP contribution in [-0.4, -0.2) is 8.42 Å². The van der Waals surface area contributed by atoms with E-state index >= 15 is 0 Å². The Bertz CT molecular complexity index is 773. The van der Waals surface area contributed by atoms with Crippen molar-refractivity contribution in [2.75, 3.05) is 5.32 Å². The van der Waals surface area contributed by atoms with E-state index in [-0.39, 0.29) is 10.9 Å². The van der Waals surface area contributed by atoms with E-state index in [1.807, 2.05) is 18.2 Å². The Kier molecular flexibility index (Phi) is 3.65. The van der Waals surface area contributed by atoms with E-state index in [0.29, 0.717) is 0 Å². The molecule has 1 aliphatic heterocycles. The van der Waals surface area contributed by atoms with Crippen LogP contribution in [0.25, 0.3) is 0 Å². The molecule has 1 heterocycles. The maximum atomic E-state index is 11.3. The van der Waals surface area contributed by atoms with Gasteiger partial charge in [0.1, 0.15) is 0 Å². The van der Waals surface area contributed by atoms with Gasteiger partial charge >= 0.3 is 0 Å². The third-order valence-corrected chi connectivity index (χ3v) is 4.87. The summed E-state index contributed by atoms with van der Waals surface area (Å²) in [6.07, 6.45) is 1.87. The summed E-state index contributed by atoms with van der Waals surface area (Å²) in [5, 5.41) is 9.31. The van der Waals surface area contributed by atoms with E-state index in [1.54, 1.807) is 24.3 Å². The average molecular weight is 323 g/mol. The monoisotopic (exact) mass is 322 g/mol. The Morgan fingerprint density at radius 3 is 2.52 bits per heavy atom. The molecule has 0 radical (unpaired) electrons. The lowest BCUT2D eigenvalue weighted by molar-refractivity contribution is 0.597. The number of nitrogens with one attached hydrogen (secondary N) is 1. The lowest BCUT2D eigenvalue weighted by atomic mass is 9.93. The Balaban J connectivity index is 1.84. The highest BCUT2D eigenvalue weighted by atomic mass is 35.5. The highest BCUT2D eigenvalue weighted by Gasteiger charge is 2.19. The summed E-state index contributed by atoms with van der Waals surface area (Å²) in [5.41, 5.74) is 3.33. The van der Waals surface area contributed by atoms with Crippen LogP contribution in [0.15, 0.2) is 47.4 Å². The van der Waals surface area contributed by atoms with Crippen molar-refractivity contribution in [2.24, 2.45) is 5.14 Å². The third kappa shape index (κ3) is 3.05. The summed E-state index contributed by atoms with van der Waals surface area (Å²) in [4.78, 5) is 0.134. The van der Waals surface area contributed by atoms with Crippen LogP contribution in [-0.2, 0) is 16.4 Å². The molecule has 0 fully saturated rings. The molecule has 6 heteroatoms. The van der Waals surface area contributed by atoms with Gasteiger partial charge in [0, 0.05) is 10.7 Å². The minimum atomic E-state index is -3.64. The molecular weight excluding hydrogens is 308 g/mol. The largest absolute Gasteiger partial charge is 0.378 e. The minimum Gasteiger partial charge on any atom is -0.378 e. The highest BCUT2D eigenvalue weighted by molar-refractivity contribution is 7.89. The fraction of sp³-hybridized carbons (Fsp3) is 0.200. The fourth-order valence-electron chi connectivity index (χ4n) is 2.61. The van der Waals surface area contributed by atoms with Crippen LogP contribution in [0.5, 0.6) is 0 Å². The van der Waals surface area contributed by atoms with Crippen molar-refractivity contribution < 1.29 is 8.42 Å². The van der Waals surface area contributed by atoms with Gasteiger partial charge in [-0.1, -0.05) is 23.7 Å². The Morgan fingerprint density at radius 1 is 1.14 bits per heavy atom. The molecule has 4 nitrogen and oxygen atoms in total. The molecule has 3 rings (SSSR count). The van der Waals surface area contributed by atoms with Gasteiger partial charge in [0.15, 0.2) is 0 Å². The number of fused-ring (bicyclic) bond motifs is 1. The Morgan fingerprint density at radius 2 is 1.86 bits per heavy atom. The third-order valence-electron chi connectivity index (χ3n) is 3.71. The second kappa shape index (κ2) is 5.33.